The van der Waals surface area contributed by atoms with Crippen molar-refractivity contribution in [1.29, 1.82) is 0 Å². The van der Waals surface area contributed by atoms with Gasteiger partial charge in [0, 0.05) is 42.8 Å². The third-order valence-corrected chi connectivity index (χ3v) is 5.33. The van der Waals surface area contributed by atoms with Crippen LogP contribution in [-0.4, -0.2) is 33.9 Å². The second-order valence-electron chi connectivity index (χ2n) is 6.99. The van der Waals surface area contributed by atoms with Crippen LogP contribution in [0.3, 0.4) is 0 Å². The number of rotatable bonds is 5. The van der Waals surface area contributed by atoms with E-state index < -0.39 is 5.91 Å². The molecule has 1 amide bonds. The predicted octanol–water partition coefficient (Wildman–Crippen LogP) is 5.08. The zero-order valence-electron chi connectivity index (χ0n) is 16.3. The van der Waals surface area contributed by atoms with Crippen molar-refractivity contribution in [3.05, 3.63) is 63.9 Å². The third kappa shape index (κ3) is 4.63. The molecule has 2 N–H and O–H groups in total. The van der Waals surface area contributed by atoms with Crippen molar-refractivity contribution in [2.24, 2.45) is 0 Å². The molecule has 9 heteroatoms. The van der Waals surface area contributed by atoms with E-state index in [1.54, 1.807) is 36.5 Å². The lowest BCUT2D eigenvalue weighted by atomic mass is 10.2. The smallest absolute Gasteiger partial charge is 0.258 e. The van der Waals surface area contributed by atoms with Gasteiger partial charge in [-0.3, -0.25) is 4.79 Å². The second kappa shape index (κ2) is 8.85. The molecule has 0 spiro atoms. The molecule has 0 bridgehead atoms. The Balaban J connectivity index is 1.52. The van der Waals surface area contributed by atoms with E-state index in [0.29, 0.717) is 33.3 Å². The molecule has 1 aliphatic rings. The standard InChI is InChI=1S/C21H20Cl2N6O/c1-13-11-18(28-21(25-13)29-9-2-3-10-29)27-17-12-14(7-8-24-17)26-20(30)19-15(22)5-4-6-16(19)23/h4-8,11-12H,2-3,9-10H2,1H3,(H2,24,25,26,27,28,30). The summed E-state index contributed by atoms with van der Waals surface area (Å²) in [5, 5.41) is 6.58. The van der Waals surface area contributed by atoms with Crippen molar-refractivity contribution < 1.29 is 4.79 Å². The van der Waals surface area contributed by atoms with Crippen LogP contribution in [0.25, 0.3) is 0 Å². The average Bonchev–Trinajstić information content (AvgIpc) is 3.22. The summed E-state index contributed by atoms with van der Waals surface area (Å²) in [6, 6.07) is 10.2. The summed E-state index contributed by atoms with van der Waals surface area (Å²) in [5.74, 6) is 1.52. The molecule has 1 fully saturated rings. The number of nitrogens with zero attached hydrogens (tertiary/aromatic N) is 4. The maximum absolute atomic E-state index is 12.6. The highest BCUT2D eigenvalue weighted by Crippen LogP contribution is 2.26. The number of aryl methyl sites for hydroxylation is 1. The van der Waals surface area contributed by atoms with Crippen molar-refractivity contribution in [2.75, 3.05) is 28.6 Å². The summed E-state index contributed by atoms with van der Waals surface area (Å²) in [7, 11) is 0. The van der Waals surface area contributed by atoms with Crippen molar-refractivity contribution >= 4 is 52.4 Å². The molecule has 2 aromatic heterocycles. The maximum atomic E-state index is 12.6. The van der Waals surface area contributed by atoms with E-state index in [9.17, 15) is 4.79 Å². The average molecular weight is 443 g/mol. The van der Waals surface area contributed by atoms with Crippen LogP contribution in [-0.2, 0) is 0 Å². The van der Waals surface area contributed by atoms with E-state index in [1.807, 2.05) is 13.0 Å². The first-order valence-electron chi connectivity index (χ1n) is 9.59. The topological polar surface area (TPSA) is 83.0 Å². The van der Waals surface area contributed by atoms with Crippen LogP contribution < -0.4 is 15.5 Å². The number of hydrogen-bond donors (Lipinski definition) is 2. The largest absolute Gasteiger partial charge is 0.341 e. The van der Waals surface area contributed by atoms with Crippen molar-refractivity contribution in [1.82, 2.24) is 15.0 Å². The Labute approximate surface area is 184 Å². The highest BCUT2D eigenvalue weighted by Gasteiger charge is 2.17. The fourth-order valence-corrected chi connectivity index (χ4v) is 3.86. The van der Waals surface area contributed by atoms with Gasteiger partial charge in [-0.05, 0) is 38.0 Å². The molecule has 1 aliphatic heterocycles. The Morgan fingerprint density at radius 3 is 2.50 bits per heavy atom. The second-order valence-corrected chi connectivity index (χ2v) is 7.81. The lowest BCUT2D eigenvalue weighted by molar-refractivity contribution is 0.102. The minimum atomic E-state index is -0.392. The minimum Gasteiger partial charge on any atom is -0.341 e. The van der Waals surface area contributed by atoms with Gasteiger partial charge < -0.3 is 15.5 Å². The Kier molecular flexibility index (Phi) is 6.01. The van der Waals surface area contributed by atoms with Gasteiger partial charge in [0.05, 0.1) is 15.6 Å². The van der Waals surface area contributed by atoms with Crippen LogP contribution >= 0.6 is 23.2 Å². The molecule has 1 saturated heterocycles. The first kappa shape index (κ1) is 20.4. The van der Waals surface area contributed by atoms with Crippen LogP contribution in [0.1, 0.15) is 28.9 Å². The highest BCUT2D eigenvalue weighted by molar-refractivity contribution is 6.40. The lowest BCUT2D eigenvalue weighted by Crippen LogP contribution is -2.21. The van der Waals surface area contributed by atoms with Crippen LogP contribution in [0.4, 0.5) is 23.3 Å². The van der Waals surface area contributed by atoms with E-state index in [0.717, 1.165) is 31.6 Å². The number of halogens is 2. The van der Waals surface area contributed by atoms with E-state index in [4.69, 9.17) is 23.2 Å². The first-order valence-corrected chi connectivity index (χ1v) is 10.3. The van der Waals surface area contributed by atoms with Gasteiger partial charge in [-0.15, -0.1) is 0 Å². The molecule has 3 heterocycles. The third-order valence-electron chi connectivity index (χ3n) is 4.70. The van der Waals surface area contributed by atoms with E-state index in [1.165, 1.54) is 0 Å². The number of carbonyl (C=O) groups excluding carboxylic acids is 1. The monoisotopic (exact) mass is 442 g/mol. The number of nitrogens with one attached hydrogen (secondary N) is 2. The quantitative estimate of drug-likeness (QED) is 0.572. The van der Waals surface area contributed by atoms with Gasteiger partial charge in [-0.1, -0.05) is 29.3 Å². The van der Waals surface area contributed by atoms with Crippen LogP contribution in [0, 0.1) is 6.92 Å². The minimum absolute atomic E-state index is 0.230. The molecule has 0 atom stereocenters. The summed E-state index contributed by atoms with van der Waals surface area (Å²) in [4.78, 5) is 28.3. The normalized spacial score (nSPS) is 13.4. The molecule has 7 nitrogen and oxygen atoms in total. The fraction of sp³-hybridized carbons (Fsp3) is 0.238. The van der Waals surface area contributed by atoms with E-state index in [2.05, 4.69) is 30.5 Å². The summed E-state index contributed by atoms with van der Waals surface area (Å²) >= 11 is 12.2. The molecular formula is C21H20Cl2N6O. The summed E-state index contributed by atoms with van der Waals surface area (Å²) in [6.45, 7) is 3.87. The first-order chi connectivity index (χ1) is 14.5. The molecule has 0 radical (unpaired) electrons. The number of aromatic nitrogens is 3. The molecule has 30 heavy (non-hydrogen) atoms. The zero-order valence-corrected chi connectivity index (χ0v) is 17.8. The predicted molar refractivity (Wildman–Crippen MR) is 120 cm³/mol. The summed E-state index contributed by atoms with van der Waals surface area (Å²) in [6.07, 6.45) is 3.90. The van der Waals surface area contributed by atoms with Crippen molar-refractivity contribution in [3.63, 3.8) is 0 Å². The molecule has 154 valence electrons. The molecule has 0 unspecified atom stereocenters. The van der Waals surface area contributed by atoms with E-state index in [-0.39, 0.29) is 5.56 Å². The number of benzene rings is 1. The zero-order chi connectivity index (χ0) is 21.1. The van der Waals surface area contributed by atoms with Crippen LogP contribution in [0.15, 0.2) is 42.6 Å². The summed E-state index contributed by atoms with van der Waals surface area (Å²) < 4.78 is 0. The molecule has 4 rings (SSSR count). The fourth-order valence-electron chi connectivity index (χ4n) is 3.29. The summed E-state index contributed by atoms with van der Waals surface area (Å²) in [5.41, 5.74) is 1.65. The van der Waals surface area contributed by atoms with Gasteiger partial charge >= 0.3 is 0 Å². The molecule has 3 aromatic rings. The maximum Gasteiger partial charge on any atom is 0.258 e. The lowest BCUT2D eigenvalue weighted by Gasteiger charge is -2.17. The van der Waals surface area contributed by atoms with E-state index >= 15 is 0 Å². The van der Waals surface area contributed by atoms with Gasteiger partial charge in [0.1, 0.15) is 11.6 Å². The molecule has 0 aliphatic carbocycles. The number of hydrogen-bond acceptors (Lipinski definition) is 6. The molecule has 1 aromatic carbocycles. The Morgan fingerprint density at radius 1 is 1.03 bits per heavy atom. The van der Waals surface area contributed by atoms with Crippen LogP contribution in [0.5, 0.6) is 0 Å². The molecule has 0 saturated carbocycles. The van der Waals surface area contributed by atoms with Gasteiger partial charge in [-0.2, -0.15) is 4.98 Å². The Hall–Kier alpha value is -2.90. The van der Waals surface area contributed by atoms with Gasteiger partial charge in [0.25, 0.3) is 5.91 Å². The van der Waals surface area contributed by atoms with Crippen molar-refractivity contribution in [2.45, 2.75) is 19.8 Å². The van der Waals surface area contributed by atoms with Gasteiger partial charge in [-0.25, -0.2) is 9.97 Å². The SMILES string of the molecule is Cc1cc(Nc2cc(NC(=O)c3c(Cl)cccc3Cl)ccn2)nc(N2CCCC2)n1. The highest BCUT2D eigenvalue weighted by atomic mass is 35.5. The molecular weight excluding hydrogens is 423 g/mol. The number of pyridine rings is 1. The number of carbonyl (C=O) groups is 1. The Bertz CT molecular complexity index is 1060. The number of anilines is 4. The van der Waals surface area contributed by atoms with Crippen LogP contribution in [0.2, 0.25) is 10.0 Å². The van der Waals surface area contributed by atoms with Gasteiger partial charge in [0.2, 0.25) is 5.95 Å². The van der Waals surface area contributed by atoms with Crippen molar-refractivity contribution in [3.8, 4) is 0 Å². The number of amides is 1. The Morgan fingerprint density at radius 2 is 1.77 bits per heavy atom. The van der Waals surface area contributed by atoms with Gasteiger partial charge in [0.15, 0.2) is 0 Å².